The first kappa shape index (κ1) is 11.6. The average Bonchev–Trinajstić information content (AvgIpc) is 2.76. The summed E-state index contributed by atoms with van der Waals surface area (Å²) in [5, 5.41) is 2.69. The highest BCUT2D eigenvalue weighted by Crippen LogP contribution is 2.11. The summed E-state index contributed by atoms with van der Waals surface area (Å²) in [6, 6.07) is 9.48. The van der Waals surface area contributed by atoms with Gasteiger partial charge in [0.25, 0.3) is 0 Å². The van der Waals surface area contributed by atoms with Crippen LogP contribution in [-0.4, -0.2) is 29.8 Å². The fourth-order valence-electron chi connectivity index (χ4n) is 2.00. The van der Waals surface area contributed by atoms with E-state index in [1.165, 1.54) is 0 Å². The second-order valence-corrected chi connectivity index (χ2v) is 4.34. The summed E-state index contributed by atoms with van der Waals surface area (Å²) in [5.41, 5.74) is 1.09. The monoisotopic (exact) mass is 232 g/mol. The molecule has 1 aliphatic rings. The Morgan fingerprint density at radius 2 is 2.12 bits per heavy atom. The zero-order chi connectivity index (χ0) is 12.3. The van der Waals surface area contributed by atoms with Gasteiger partial charge in [-0.25, -0.2) is 0 Å². The third kappa shape index (κ3) is 2.84. The van der Waals surface area contributed by atoms with Gasteiger partial charge in [0.15, 0.2) is 0 Å². The van der Waals surface area contributed by atoms with E-state index in [0.29, 0.717) is 19.4 Å². The SMILES string of the molecule is CN(Cc1ccccc1)C(=O)[C@H]1CCC(=O)N1. The summed E-state index contributed by atoms with van der Waals surface area (Å²) < 4.78 is 0. The zero-order valence-electron chi connectivity index (χ0n) is 9.85. The van der Waals surface area contributed by atoms with Crippen LogP contribution in [0.3, 0.4) is 0 Å². The molecule has 0 aliphatic carbocycles. The van der Waals surface area contributed by atoms with Crippen molar-refractivity contribution in [2.45, 2.75) is 25.4 Å². The standard InChI is InChI=1S/C13H16N2O2/c1-15(9-10-5-3-2-4-6-10)13(17)11-7-8-12(16)14-11/h2-6,11H,7-9H2,1H3,(H,14,16)/t11-/m1/s1. The van der Waals surface area contributed by atoms with Crippen LogP contribution in [0, 0.1) is 0 Å². The number of likely N-dealkylation sites (N-methyl/N-ethyl adjacent to an activating group) is 1. The maximum absolute atomic E-state index is 12.0. The Morgan fingerprint density at radius 1 is 1.41 bits per heavy atom. The number of rotatable bonds is 3. The normalized spacial score (nSPS) is 18.9. The minimum absolute atomic E-state index is 0.0142. The largest absolute Gasteiger partial charge is 0.344 e. The summed E-state index contributed by atoms with van der Waals surface area (Å²) in [5.74, 6) is -0.0452. The maximum atomic E-state index is 12.0. The molecule has 1 saturated heterocycles. The van der Waals surface area contributed by atoms with E-state index in [-0.39, 0.29) is 17.9 Å². The molecule has 1 aromatic carbocycles. The summed E-state index contributed by atoms with van der Waals surface area (Å²) in [7, 11) is 1.76. The van der Waals surface area contributed by atoms with Crippen LogP contribution in [0.1, 0.15) is 18.4 Å². The van der Waals surface area contributed by atoms with Crippen LogP contribution in [0.15, 0.2) is 30.3 Å². The molecule has 0 bridgehead atoms. The first-order chi connectivity index (χ1) is 8.16. The van der Waals surface area contributed by atoms with Crippen molar-refractivity contribution in [3.63, 3.8) is 0 Å². The van der Waals surface area contributed by atoms with Gasteiger partial charge in [0.05, 0.1) is 0 Å². The van der Waals surface area contributed by atoms with Crippen molar-refractivity contribution in [2.24, 2.45) is 0 Å². The summed E-state index contributed by atoms with van der Waals surface area (Å²) in [6.07, 6.45) is 1.06. The Labute approximate surface area is 101 Å². The molecule has 0 aromatic heterocycles. The number of nitrogens with zero attached hydrogens (tertiary/aromatic N) is 1. The van der Waals surface area contributed by atoms with Crippen LogP contribution in [-0.2, 0) is 16.1 Å². The van der Waals surface area contributed by atoms with Crippen LogP contribution in [0.25, 0.3) is 0 Å². The average molecular weight is 232 g/mol. The van der Waals surface area contributed by atoms with Crippen LogP contribution in [0.4, 0.5) is 0 Å². The first-order valence-electron chi connectivity index (χ1n) is 5.75. The fourth-order valence-corrected chi connectivity index (χ4v) is 2.00. The number of carbonyl (C=O) groups is 2. The Morgan fingerprint density at radius 3 is 2.71 bits per heavy atom. The van der Waals surface area contributed by atoms with Crippen molar-refractivity contribution < 1.29 is 9.59 Å². The quantitative estimate of drug-likeness (QED) is 0.842. The number of nitrogens with one attached hydrogen (secondary N) is 1. The molecule has 1 fully saturated rings. The van der Waals surface area contributed by atoms with Crippen LogP contribution >= 0.6 is 0 Å². The zero-order valence-corrected chi connectivity index (χ0v) is 9.85. The summed E-state index contributed by atoms with van der Waals surface area (Å²) in [6.45, 7) is 0.575. The Bertz CT molecular complexity index is 417. The number of hydrogen-bond acceptors (Lipinski definition) is 2. The molecular formula is C13H16N2O2. The highest BCUT2D eigenvalue weighted by atomic mass is 16.2. The molecule has 0 unspecified atom stereocenters. The predicted octanol–water partition coefficient (Wildman–Crippen LogP) is 0.924. The van der Waals surface area contributed by atoms with E-state index in [1.54, 1.807) is 11.9 Å². The molecule has 0 radical (unpaired) electrons. The maximum Gasteiger partial charge on any atom is 0.245 e. The Kier molecular flexibility index (Phi) is 3.42. The minimum atomic E-state index is -0.337. The molecule has 90 valence electrons. The summed E-state index contributed by atoms with van der Waals surface area (Å²) >= 11 is 0. The van der Waals surface area contributed by atoms with Crippen molar-refractivity contribution in [3.05, 3.63) is 35.9 Å². The van der Waals surface area contributed by atoms with Gasteiger partial charge in [-0.2, -0.15) is 0 Å². The lowest BCUT2D eigenvalue weighted by molar-refractivity contribution is -0.133. The number of benzene rings is 1. The number of amides is 2. The van der Waals surface area contributed by atoms with Gasteiger partial charge in [-0.3, -0.25) is 9.59 Å². The van der Waals surface area contributed by atoms with E-state index >= 15 is 0 Å². The van der Waals surface area contributed by atoms with Crippen molar-refractivity contribution in [1.29, 1.82) is 0 Å². The molecule has 1 N–H and O–H groups in total. The number of hydrogen-bond donors (Lipinski definition) is 1. The lowest BCUT2D eigenvalue weighted by Crippen LogP contribution is -2.42. The molecule has 2 rings (SSSR count). The van der Waals surface area contributed by atoms with Crippen molar-refractivity contribution in [2.75, 3.05) is 7.05 Å². The van der Waals surface area contributed by atoms with E-state index in [1.807, 2.05) is 30.3 Å². The van der Waals surface area contributed by atoms with Crippen molar-refractivity contribution in [1.82, 2.24) is 10.2 Å². The van der Waals surface area contributed by atoms with E-state index in [9.17, 15) is 9.59 Å². The van der Waals surface area contributed by atoms with Crippen molar-refractivity contribution >= 4 is 11.8 Å². The molecule has 1 atom stereocenters. The Balaban J connectivity index is 1.94. The van der Waals surface area contributed by atoms with E-state index < -0.39 is 0 Å². The molecule has 2 amide bonds. The van der Waals surface area contributed by atoms with Gasteiger partial charge in [-0.15, -0.1) is 0 Å². The third-order valence-electron chi connectivity index (χ3n) is 2.93. The second kappa shape index (κ2) is 4.99. The highest BCUT2D eigenvalue weighted by molar-refractivity contribution is 5.90. The van der Waals surface area contributed by atoms with E-state index in [2.05, 4.69) is 5.32 Å². The third-order valence-corrected chi connectivity index (χ3v) is 2.93. The van der Waals surface area contributed by atoms with Gasteiger partial charge in [-0.1, -0.05) is 30.3 Å². The van der Waals surface area contributed by atoms with Crippen LogP contribution in [0.5, 0.6) is 0 Å². The topological polar surface area (TPSA) is 49.4 Å². The van der Waals surface area contributed by atoms with Gasteiger partial charge in [-0.05, 0) is 12.0 Å². The highest BCUT2D eigenvalue weighted by Gasteiger charge is 2.29. The van der Waals surface area contributed by atoms with E-state index in [4.69, 9.17) is 0 Å². The fraction of sp³-hybridized carbons (Fsp3) is 0.385. The lowest BCUT2D eigenvalue weighted by atomic mass is 10.1. The molecule has 4 nitrogen and oxygen atoms in total. The molecule has 4 heteroatoms. The summed E-state index contributed by atoms with van der Waals surface area (Å²) in [4.78, 5) is 24.7. The van der Waals surface area contributed by atoms with Crippen LogP contribution < -0.4 is 5.32 Å². The molecular weight excluding hydrogens is 216 g/mol. The molecule has 1 aliphatic heterocycles. The minimum Gasteiger partial charge on any atom is -0.344 e. The van der Waals surface area contributed by atoms with Gasteiger partial charge < -0.3 is 10.2 Å². The Hall–Kier alpha value is -1.84. The second-order valence-electron chi connectivity index (χ2n) is 4.34. The first-order valence-corrected chi connectivity index (χ1v) is 5.75. The molecule has 1 heterocycles. The smallest absolute Gasteiger partial charge is 0.245 e. The lowest BCUT2D eigenvalue weighted by Gasteiger charge is -2.21. The molecule has 17 heavy (non-hydrogen) atoms. The van der Waals surface area contributed by atoms with Gasteiger partial charge in [0, 0.05) is 20.0 Å². The van der Waals surface area contributed by atoms with Crippen molar-refractivity contribution in [3.8, 4) is 0 Å². The van der Waals surface area contributed by atoms with Gasteiger partial charge in [0.1, 0.15) is 6.04 Å². The van der Waals surface area contributed by atoms with Crippen LogP contribution in [0.2, 0.25) is 0 Å². The van der Waals surface area contributed by atoms with Gasteiger partial charge >= 0.3 is 0 Å². The van der Waals surface area contributed by atoms with Gasteiger partial charge in [0.2, 0.25) is 11.8 Å². The number of carbonyl (C=O) groups excluding carboxylic acids is 2. The van der Waals surface area contributed by atoms with E-state index in [0.717, 1.165) is 5.56 Å². The molecule has 1 aromatic rings. The molecule has 0 saturated carbocycles. The molecule has 0 spiro atoms. The predicted molar refractivity (Wildman–Crippen MR) is 64.1 cm³/mol.